The third-order valence-corrected chi connectivity index (χ3v) is 12.8. The number of para-hydroxylation sites is 3. The Morgan fingerprint density at radius 1 is 0.348 bits per heavy atom. The van der Waals surface area contributed by atoms with E-state index in [1.54, 1.807) is 0 Å². The van der Waals surface area contributed by atoms with Gasteiger partial charge in [-0.15, -0.1) is 0 Å². The van der Waals surface area contributed by atoms with Crippen LogP contribution in [0.4, 0.5) is 34.1 Å². The van der Waals surface area contributed by atoms with Crippen LogP contribution in [0.5, 0.6) is 0 Å². The maximum atomic E-state index is 4.24. The fourth-order valence-electron chi connectivity index (χ4n) is 9.58. The van der Waals surface area contributed by atoms with Crippen molar-refractivity contribution >= 4 is 79.0 Å². The molecule has 0 N–H and O–H groups in total. The first-order valence-electron chi connectivity index (χ1n) is 22.5. The van der Waals surface area contributed by atoms with Crippen LogP contribution in [0.2, 0.25) is 0 Å². The Hall–Kier alpha value is -8.60. The number of hydrogen-bond donors (Lipinski definition) is 0. The second-order valence-electron chi connectivity index (χ2n) is 16.9. The quantitative estimate of drug-likeness (QED) is 0.129. The molecule has 11 aromatic rings. The average Bonchev–Trinajstić information content (AvgIpc) is 3.88. The van der Waals surface area contributed by atoms with Crippen molar-refractivity contribution < 1.29 is 0 Å². The minimum Gasteiger partial charge on any atom is -0.310 e. The van der Waals surface area contributed by atoms with E-state index in [0.29, 0.717) is 0 Å². The molecule has 0 amide bonds. The SMILES string of the molecule is C=Cc1c(C=C)n(-c2ccccc2)c2ccc(N(c3ccc(C)cc3)c3ccc(-c4ccc(N(c5ccc(C)cc5)c5ccc6c(c5)c5ccccc5n6-c5ccccc5)cc4)cc3)cc12. The van der Waals surface area contributed by atoms with Gasteiger partial charge in [-0.3, -0.25) is 0 Å². The molecule has 0 aliphatic rings. The van der Waals surface area contributed by atoms with Gasteiger partial charge in [0, 0.05) is 67.2 Å². The summed E-state index contributed by atoms with van der Waals surface area (Å²) in [7, 11) is 0. The summed E-state index contributed by atoms with van der Waals surface area (Å²) in [5, 5.41) is 3.56. The van der Waals surface area contributed by atoms with Crippen molar-refractivity contribution in [1.82, 2.24) is 9.13 Å². The molecule has 9 aromatic carbocycles. The van der Waals surface area contributed by atoms with Crippen molar-refractivity contribution in [3.05, 3.63) is 254 Å². The van der Waals surface area contributed by atoms with Gasteiger partial charge in [0.2, 0.25) is 0 Å². The van der Waals surface area contributed by atoms with E-state index < -0.39 is 0 Å². The number of rotatable bonds is 11. The summed E-state index contributed by atoms with van der Waals surface area (Å²) in [6, 6.07) is 78.8. The second-order valence-corrected chi connectivity index (χ2v) is 16.9. The number of nitrogens with zero attached hydrogens (tertiary/aromatic N) is 4. The summed E-state index contributed by atoms with van der Waals surface area (Å²) in [6.07, 6.45) is 3.88. The predicted octanol–water partition coefficient (Wildman–Crippen LogP) is 17.2. The molecule has 11 rings (SSSR count). The van der Waals surface area contributed by atoms with Crippen LogP contribution < -0.4 is 9.80 Å². The Balaban J connectivity index is 0.960. The van der Waals surface area contributed by atoms with Crippen LogP contribution in [0.25, 0.3) is 67.4 Å². The highest BCUT2D eigenvalue weighted by Gasteiger charge is 2.21. The van der Waals surface area contributed by atoms with E-state index in [1.165, 1.54) is 32.9 Å². The monoisotopic (exact) mass is 848 g/mol. The number of anilines is 6. The highest BCUT2D eigenvalue weighted by atomic mass is 15.1. The fourth-order valence-corrected chi connectivity index (χ4v) is 9.58. The molecule has 4 heteroatoms. The van der Waals surface area contributed by atoms with Crippen molar-refractivity contribution in [1.29, 1.82) is 0 Å². The zero-order chi connectivity index (χ0) is 44.7. The lowest BCUT2D eigenvalue weighted by Gasteiger charge is -2.26. The van der Waals surface area contributed by atoms with Gasteiger partial charge in [-0.2, -0.15) is 0 Å². The minimum atomic E-state index is 1.02. The van der Waals surface area contributed by atoms with Crippen LogP contribution in [0, 0.1) is 13.8 Å². The third kappa shape index (κ3) is 7.06. The largest absolute Gasteiger partial charge is 0.310 e. The molecular weight excluding hydrogens is 801 g/mol. The summed E-state index contributed by atoms with van der Waals surface area (Å²) in [5.74, 6) is 0. The smallest absolute Gasteiger partial charge is 0.0542 e. The van der Waals surface area contributed by atoms with E-state index >= 15 is 0 Å². The molecular formula is C62H48N4. The lowest BCUT2D eigenvalue weighted by Crippen LogP contribution is -2.10. The molecule has 0 fully saturated rings. The molecule has 2 aromatic heterocycles. The molecule has 0 atom stereocenters. The van der Waals surface area contributed by atoms with Crippen molar-refractivity contribution in [3.63, 3.8) is 0 Å². The molecule has 2 heterocycles. The number of aryl methyl sites for hydroxylation is 2. The van der Waals surface area contributed by atoms with Crippen LogP contribution in [-0.2, 0) is 0 Å². The normalized spacial score (nSPS) is 11.3. The summed E-state index contributed by atoms with van der Waals surface area (Å²) in [5.41, 5.74) is 19.1. The first-order chi connectivity index (χ1) is 32.5. The van der Waals surface area contributed by atoms with E-state index in [0.717, 1.165) is 78.8 Å². The molecule has 0 radical (unpaired) electrons. The fraction of sp³-hybridized carbons (Fsp3) is 0.0323. The Kier molecular flexibility index (Phi) is 10.3. The maximum Gasteiger partial charge on any atom is 0.0542 e. The molecule has 0 spiro atoms. The molecule has 0 aliphatic carbocycles. The van der Waals surface area contributed by atoms with Crippen LogP contribution >= 0.6 is 0 Å². The Bertz CT molecular complexity index is 3540. The van der Waals surface area contributed by atoms with Crippen molar-refractivity contribution in [2.45, 2.75) is 13.8 Å². The van der Waals surface area contributed by atoms with Crippen molar-refractivity contribution in [3.8, 4) is 22.5 Å². The zero-order valence-electron chi connectivity index (χ0n) is 37.1. The highest BCUT2D eigenvalue weighted by Crippen LogP contribution is 2.43. The molecule has 0 bridgehead atoms. The molecule has 0 saturated carbocycles. The van der Waals surface area contributed by atoms with Gasteiger partial charge in [0.25, 0.3) is 0 Å². The first kappa shape index (κ1) is 40.2. The van der Waals surface area contributed by atoms with Crippen molar-refractivity contribution in [2.75, 3.05) is 9.80 Å². The molecule has 0 saturated heterocycles. The van der Waals surface area contributed by atoms with Gasteiger partial charge >= 0.3 is 0 Å². The molecule has 316 valence electrons. The van der Waals surface area contributed by atoms with Gasteiger partial charge < -0.3 is 18.9 Å². The highest BCUT2D eigenvalue weighted by molar-refractivity contribution is 6.10. The van der Waals surface area contributed by atoms with Gasteiger partial charge in [0.1, 0.15) is 0 Å². The Labute approximate surface area is 386 Å². The molecule has 0 aliphatic heterocycles. The minimum absolute atomic E-state index is 1.02. The summed E-state index contributed by atoms with van der Waals surface area (Å²) in [4.78, 5) is 4.69. The van der Waals surface area contributed by atoms with Gasteiger partial charge in [-0.1, -0.05) is 133 Å². The lowest BCUT2D eigenvalue weighted by molar-refractivity contribution is 1.11. The maximum absolute atomic E-state index is 4.24. The summed E-state index contributed by atoms with van der Waals surface area (Å²) >= 11 is 0. The number of benzene rings is 9. The third-order valence-electron chi connectivity index (χ3n) is 12.8. The number of aromatic nitrogens is 2. The van der Waals surface area contributed by atoms with Gasteiger partial charge in [-0.25, -0.2) is 0 Å². The summed E-state index contributed by atoms with van der Waals surface area (Å²) < 4.78 is 4.63. The molecule has 0 unspecified atom stereocenters. The standard InChI is InChI=1S/C62H48N4/c1-5-55-57-41-53(37-39-61(57)65(59(55)6-2)47-15-9-7-10-16-47)63(49-29-21-43(3)22-30-49)51-33-25-45(26-34-51)46-27-35-52(36-28-46)64(50-31-23-44(4)24-32-50)54-38-40-62-58(42-54)56-19-13-14-20-60(56)66(62)48-17-11-8-12-18-48/h5-42H,1-2H2,3-4H3. The van der Waals surface area contributed by atoms with Crippen LogP contribution in [0.1, 0.15) is 22.4 Å². The topological polar surface area (TPSA) is 16.3 Å². The Morgan fingerprint density at radius 3 is 1.23 bits per heavy atom. The van der Waals surface area contributed by atoms with E-state index in [4.69, 9.17) is 0 Å². The lowest BCUT2D eigenvalue weighted by atomic mass is 10.0. The van der Waals surface area contributed by atoms with Crippen LogP contribution in [-0.4, -0.2) is 9.13 Å². The van der Waals surface area contributed by atoms with E-state index in [-0.39, 0.29) is 0 Å². The second kappa shape index (κ2) is 16.8. The molecule has 4 nitrogen and oxygen atoms in total. The van der Waals surface area contributed by atoms with E-state index in [9.17, 15) is 0 Å². The summed E-state index contributed by atoms with van der Waals surface area (Å²) in [6.45, 7) is 12.7. The Morgan fingerprint density at radius 2 is 0.742 bits per heavy atom. The van der Waals surface area contributed by atoms with Crippen molar-refractivity contribution in [2.24, 2.45) is 0 Å². The van der Waals surface area contributed by atoms with Gasteiger partial charge in [0.15, 0.2) is 0 Å². The molecule has 66 heavy (non-hydrogen) atoms. The van der Waals surface area contributed by atoms with E-state index in [2.05, 4.69) is 258 Å². The first-order valence-corrected chi connectivity index (χ1v) is 22.5. The van der Waals surface area contributed by atoms with E-state index in [1.807, 2.05) is 18.2 Å². The number of fused-ring (bicyclic) bond motifs is 4. The van der Waals surface area contributed by atoms with Crippen LogP contribution in [0.3, 0.4) is 0 Å². The van der Waals surface area contributed by atoms with Crippen LogP contribution in [0.15, 0.2) is 232 Å². The number of hydrogen-bond acceptors (Lipinski definition) is 2. The predicted molar refractivity (Wildman–Crippen MR) is 282 cm³/mol. The average molecular weight is 849 g/mol. The van der Waals surface area contributed by atoms with Gasteiger partial charge in [-0.05, 0) is 146 Å². The zero-order valence-corrected chi connectivity index (χ0v) is 37.1. The van der Waals surface area contributed by atoms with Gasteiger partial charge in [0.05, 0.1) is 22.2 Å².